The van der Waals surface area contributed by atoms with Crippen LogP contribution in [0.2, 0.25) is 10.0 Å². The Labute approximate surface area is 131 Å². The number of halogens is 2. The molecule has 0 aliphatic heterocycles. The molecular weight excluding hydrogens is 321 g/mol. The van der Waals surface area contributed by atoms with Gasteiger partial charge < -0.3 is 15.2 Å². The molecule has 0 spiro atoms. The second-order valence-electron chi connectivity index (χ2n) is 4.14. The van der Waals surface area contributed by atoms with Crippen LogP contribution in [0.5, 0.6) is 0 Å². The zero-order chi connectivity index (χ0) is 16.0. The standard InChI is InChI=1S/C13H13Cl2NO5/c1-21-11(17)3-2-10(13(19)20)16-12(18)7-4-8(14)6-9(15)5-7/h4-6,10H,2-3H2,1H3,(H,16,18)(H,19,20)/t10-/m0/s1. The van der Waals surface area contributed by atoms with Gasteiger partial charge in [0.2, 0.25) is 0 Å². The highest BCUT2D eigenvalue weighted by Gasteiger charge is 2.22. The summed E-state index contributed by atoms with van der Waals surface area (Å²) in [4.78, 5) is 34.1. The maximum atomic E-state index is 12.0. The highest BCUT2D eigenvalue weighted by molar-refractivity contribution is 6.35. The number of esters is 1. The van der Waals surface area contributed by atoms with Crippen LogP contribution in [0.4, 0.5) is 0 Å². The summed E-state index contributed by atoms with van der Waals surface area (Å²) in [6.45, 7) is 0. The average molecular weight is 334 g/mol. The van der Waals surface area contributed by atoms with Gasteiger partial charge in [-0.25, -0.2) is 4.79 Å². The summed E-state index contributed by atoms with van der Waals surface area (Å²) >= 11 is 11.5. The number of hydrogen-bond donors (Lipinski definition) is 2. The lowest BCUT2D eigenvalue weighted by Crippen LogP contribution is -2.41. The molecule has 1 rings (SSSR count). The molecule has 1 aromatic carbocycles. The number of hydrogen-bond acceptors (Lipinski definition) is 4. The predicted octanol–water partition coefficient (Wildman–Crippen LogP) is 2.13. The Morgan fingerprint density at radius 2 is 1.81 bits per heavy atom. The van der Waals surface area contributed by atoms with Crippen molar-refractivity contribution >= 4 is 41.0 Å². The molecule has 2 N–H and O–H groups in total. The molecule has 0 aliphatic carbocycles. The summed E-state index contributed by atoms with van der Waals surface area (Å²) in [6, 6.07) is 2.96. The van der Waals surface area contributed by atoms with Gasteiger partial charge in [-0.3, -0.25) is 9.59 Å². The summed E-state index contributed by atoms with van der Waals surface area (Å²) in [7, 11) is 1.20. The normalized spacial score (nSPS) is 11.6. The number of carboxylic acid groups (broad SMARTS) is 1. The lowest BCUT2D eigenvalue weighted by Gasteiger charge is -2.14. The average Bonchev–Trinajstić information content (AvgIpc) is 2.41. The van der Waals surface area contributed by atoms with Gasteiger partial charge in [-0.1, -0.05) is 23.2 Å². The second-order valence-corrected chi connectivity index (χ2v) is 5.01. The molecule has 0 heterocycles. The van der Waals surface area contributed by atoms with E-state index in [0.717, 1.165) is 0 Å². The number of carbonyl (C=O) groups excluding carboxylic acids is 2. The molecule has 0 saturated carbocycles. The second kappa shape index (κ2) is 7.85. The number of aliphatic carboxylic acids is 1. The molecule has 6 nitrogen and oxygen atoms in total. The fourth-order valence-electron chi connectivity index (χ4n) is 1.55. The van der Waals surface area contributed by atoms with Gasteiger partial charge in [0.15, 0.2) is 0 Å². The zero-order valence-electron chi connectivity index (χ0n) is 11.1. The first kappa shape index (κ1) is 17.3. The summed E-state index contributed by atoms with van der Waals surface area (Å²) in [5.74, 6) is -2.45. The maximum Gasteiger partial charge on any atom is 0.326 e. The van der Waals surface area contributed by atoms with Crippen LogP contribution in [-0.4, -0.2) is 36.1 Å². The van der Waals surface area contributed by atoms with Crippen molar-refractivity contribution in [2.24, 2.45) is 0 Å². The van der Waals surface area contributed by atoms with E-state index in [4.69, 9.17) is 28.3 Å². The third-order valence-corrected chi connectivity index (χ3v) is 3.03. The fourth-order valence-corrected chi connectivity index (χ4v) is 2.07. The van der Waals surface area contributed by atoms with Crippen LogP contribution in [0, 0.1) is 0 Å². The minimum absolute atomic E-state index is 0.0813. The van der Waals surface area contributed by atoms with Crippen molar-refractivity contribution in [2.45, 2.75) is 18.9 Å². The van der Waals surface area contributed by atoms with Crippen molar-refractivity contribution in [2.75, 3.05) is 7.11 Å². The fraction of sp³-hybridized carbons (Fsp3) is 0.308. The van der Waals surface area contributed by atoms with Crippen molar-refractivity contribution in [3.63, 3.8) is 0 Å². The van der Waals surface area contributed by atoms with Crippen LogP contribution >= 0.6 is 23.2 Å². The van der Waals surface area contributed by atoms with Gasteiger partial charge in [0.25, 0.3) is 5.91 Å². The van der Waals surface area contributed by atoms with Gasteiger partial charge in [0.05, 0.1) is 7.11 Å². The van der Waals surface area contributed by atoms with E-state index in [1.54, 1.807) is 0 Å². The number of carboxylic acids is 1. The first-order chi connectivity index (χ1) is 9.83. The number of methoxy groups -OCH3 is 1. The van der Waals surface area contributed by atoms with Crippen molar-refractivity contribution in [3.8, 4) is 0 Å². The molecule has 21 heavy (non-hydrogen) atoms. The van der Waals surface area contributed by atoms with E-state index in [2.05, 4.69) is 10.1 Å². The summed E-state index contributed by atoms with van der Waals surface area (Å²) < 4.78 is 4.42. The van der Waals surface area contributed by atoms with Crippen LogP contribution in [0.1, 0.15) is 23.2 Å². The Morgan fingerprint density at radius 3 is 2.29 bits per heavy atom. The first-order valence-electron chi connectivity index (χ1n) is 5.90. The van der Waals surface area contributed by atoms with Gasteiger partial charge in [-0.05, 0) is 24.6 Å². The molecule has 0 fully saturated rings. The van der Waals surface area contributed by atoms with Gasteiger partial charge in [0.1, 0.15) is 6.04 Å². The van der Waals surface area contributed by atoms with Crippen LogP contribution < -0.4 is 5.32 Å². The predicted molar refractivity (Wildman–Crippen MR) is 76.6 cm³/mol. The molecule has 0 aliphatic rings. The number of carbonyl (C=O) groups is 3. The van der Waals surface area contributed by atoms with E-state index in [0.29, 0.717) is 0 Å². The molecule has 0 radical (unpaired) electrons. The van der Waals surface area contributed by atoms with Crippen molar-refractivity contribution in [3.05, 3.63) is 33.8 Å². The van der Waals surface area contributed by atoms with E-state index >= 15 is 0 Å². The lowest BCUT2D eigenvalue weighted by molar-refractivity contribution is -0.142. The molecule has 0 aromatic heterocycles. The number of benzene rings is 1. The Bertz CT molecular complexity index is 541. The third-order valence-electron chi connectivity index (χ3n) is 2.59. The van der Waals surface area contributed by atoms with E-state index in [-0.39, 0.29) is 28.5 Å². The highest BCUT2D eigenvalue weighted by Crippen LogP contribution is 2.19. The quantitative estimate of drug-likeness (QED) is 0.778. The van der Waals surface area contributed by atoms with Gasteiger partial charge in [-0.2, -0.15) is 0 Å². The van der Waals surface area contributed by atoms with Gasteiger partial charge >= 0.3 is 11.9 Å². The largest absolute Gasteiger partial charge is 0.480 e. The van der Waals surface area contributed by atoms with E-state index in [9.17, 15) is 14.4 Å². The Morgan fingerprint density at radius 1 is 1.24 bits per heavy atom. The number of rotatable bonds is 6. The minimum Gasteiger partial charge on any atom is -0.480 e. The number of amides is 1. The lowest BCUT2D eigenvalue weighted by atomic mass is 10.1. The summed E-state index contributed by atoms with van der Waals surface area (Å²) in [5, 5.41) is 11.9. The topological polar surface area (TPSA) is 92.7 Å². The maximum absolute atomic E-state index is 12.0. The summed E-state index contributed by atoms with van der Waals surface area (Å²) in [6.07, 6.45) is -0.202. The summed E-state index contributed by atoms with van der Waals surface area (Å²) in [5.41, 5.74) is 0.136. The molecule has 0 unspecified atom stereocenters. The van der Waals surface area contributed by atoms with Crippen molar-refractivity contribution < 1.29 is 24.2 Å². The number of ether oxygens (including phenoxy) is 1. The van der Waals surface area contributed by atoms with Crippen LogP contribution in [0.15, 0.2) is 18.2 Å². The Kier molecular flexibility index (Phi) is 6.45. The molecule has 1 aromatic rings. The van der Waals surface area contributed by atoms with Crippen LogP contribution in [0.25, 0.3) is 0 Å². The molecule has 1 amide bonds. The minimum atomic E-state index is -1.25. The van der Waals surface area contributed by atoms with Crippen molar-refractivity contribution in [1.82, 2.24) is 5.32 Å². The van der Waals surface area contributed by atoms with Crippen molar-refractivity contribution in [1.29, 1.82) is 0 Å². The monoisotopic (exact) mass is 333 g/mol. The van der Waals surface area contributed by atoms with Crippen LogP contribution in [0.3, 0.4) is 0 Å². The highest BCUT2D eigenvalue weighted by atomic mass is 35.5. The third kappa shape index (κ3) is 5.61. The smallest absolute Gasteiger partial charge is 0.326 e. The molecule has 8 heteroatoms. The SMILES string of the molecule is COC(=O)CC[C@H](NC(=O)c1cc(Cl)cc(Cl)c1)C(=O)O. The van der Waals surface area contributed by atoms with Gasteiger partial charge in [0, 0.05) is 22.0 Å². The zero-order valence-corrected chi connectivity index (χ0v) is 12.6. The molecule has 0 saturated heterocycles. The van der Waals surface area contributed by atoms with E-state index in [1.807, 2.05) is 0 Å². The first-order valence-corrected chi connectivity index (χ1v) is 6.65. The van der Waals surface area contributed by atoms with Crippen LogP contribution in [-0.2, 0) is 14.3 Å². The molecule has 0 bridgehead atoms. The van der Waals surface area contributed by atoms with E-state index < -0.39 is 23.9 Å². The van der Waals surface area contributed by atoms with Gasteiger partial charge in [-0.15, -0.1) is 0 Å². The number of nitrogens with one attached hydrogen (secondary N) is 1. The molecule has 1 atom stereocenters. The Hall–Kier alpha value is -1.79. The molecular formula is C13H13Cl2NO5. The molecule has 114 valence electrons. The Balaban J connectivity index is 2.76. The van der Waals surface area contributed by atoms with E-state index in [1.165, 1.54) is 25.3 Å².